The molecule has 1 amide bonds. The molecule has 9 heteroatoms. The molecule has 0 unspecified atom stereocenters. The van der Waals surface area contributed by atoms with Gasteiger partial charge >= 0.3 is 5.69 Å². The topological polar surface area (TPSA) is 94.4 Å². The second-order valence-corrected chi connectivity index (χ2v) is 12.1. The number of benzene rings is 3. The Balaban J connectivity index is 1.01. The number of para-hydroxylation sites is 1. The van der Waals surface area contributed by atoms with Crippen LogP contribution in [-0.4, -0.2) is 66.1 Å². The van der Waals surface area contributed by atoms with Gasteiger partial charge in [-0.3, -0.25) is 14.9 Å². The van der Waals surface area contributed by atoms with E-state index >= 15 is 0 Å². The maximum Gasteiger partial charge on any atom is 0.311 e. The summed E-state index contributed by atoms with van der Waals surface area (Å²) in [5.41, 5.74) is 1.28. The van der Waals surface area contributed by atoms with E-state index in [1.807, 2.05) is 61.2 Å². The van der Waals surface area contributed by atoms with E-state index in [2.05, 4.69) is 17.0 Å². The van der Waals surface area contributed by atoms with Crippen LogP contribution < -0.4 is 14.2 Å². The number of nitro benzene ring substituents is 1. The van der Waals surface area contributed by atoms with Gasteiger partial charge in [-0.2, -0.15) is 0 Å². The van der Waals surface area contributed by atoms with Crippen molar-refractivity contribution in [3.05, 3.63) is 88.5 Å². The normalized spacial score (nSPS) is 16.6. The number of piperidine rings is 2. The van der Waals surface area contributed by atoms with Gasteiger partial charge < -0.3 is 24.0 Å². The van der Waals surface area contributed by atoms with Gasteiger partial charge in [0.15, 0.2) is 0 Å². The summed E-state index contributed by atoms with van der Waals surface area (Å²) in [4.78, 5) is 28.3. The first-order valence-electron chi connectivity index (χ1n) is 15.7. The highest BCUT2D eigenvalue weighted by Gasteiger charge is 2.26. The summed E-state index contributed by atoms with van der Waals surface area (Å²) in [5.74, 6) is 3.43. The first-order chi connectivity index (χ1) is 21.3. The molecule has 9 nitrogen and oxygen atoms in total. The van der Waals surface area contributed by atoms with Gasteiger partial charge in [-0.15, -0.1) is 0 Å². The Morgan fingerprint density at radius 3 is 2.20 bits per heavy atom. The van der Waals surface area contributed by atoms with Gasteiger partial charge in [0.05, 0.1) is 11.5 Å². The third-order valence-corrected chi connectivity index (χ3v) is 8.36. The maximum atomic E-state index is 13.0. The predicted molar refractivity (Wildman–Crippen MR) is 170 cm³/mol. The zero-order chi connectivity index (χ0) is 30.9. The van der Waals surface area contributed by atoms with E-state index < -0.39 is 4.92 Å². The number of carbonyl (C=O) groups excluding carboxylic acids is 1. The number of hydrogen-bond donors (Lipinski definition) is 0. The number of likely N-dealkylation sites (tertiary alicyclic amines) is 2. The summed E-state index contributed by atoms with van der Waals surface area (Å²) in [6, 6.07) is 22.9. The number of nitrogens with zero attached hydrogens (tertiary/aromatic N) is 3. The molecule has 234 valence electrons. The van der Waals surface area contributed by atoms with Crippen LogP contribution in [0.15, 0.2) is 72.8 Å². The summed E-state index contributed by atoms with van der Waals surface area (Å²) in [7, 11) is 0. The molecule has 0 N–H and O–H groups in total. The van der Waals surface area contributed by atoms with Gasteiger partial charge in [0, 0.05) is 51.0 Å². The number of ether oxygens (including phenoxy) is 3. The van der Waals surface area contributed by atoms with E-state index in [1.165, 1.54) is 11.6 Å². The lowest BCUT2D eigenvalue weighted by Gasteiger charge is -2.34. The second-order valence-electron chi connectivity index (χ2n) is 12.1. The summed E-state index contributed by atoms with van der Waals surface area (Å²) in [5, 5.41) is 11.4. The Bertz CT molecular complexity index is 1360. The molecule has 0 spiro atoms. The lowest BCUT2D eigenvalue weighted by molar-refractivity contribution is -0.385. The van der Waals surface area contributed by atoms with Crippen LogP contribution in [0.1, 0.15) is 57.4 Å². The molecule has 2 aliphatic rings. The van der Waals surface area contributed by atoms with Gasteiger partial charge in [0.25, 0.3) is 0 Å². The van der Waals surface area contributed by atoms with E-state index in [1.54, 1.807) is 12.1 Å². The van der Waals surface area contributed by atoms with E-state index in [9.17, 15) is 14.9 Å². The molecule has 0 bridgehead atoms. The Morgan fingerprint density at radius 2 is 1.55 bits per heavy atom. The van der Waals surface area contributed by atoms with E-state index in [4.69, 9.17) is 14.2 Å². The van der Waals surface area contributed by atoms with Crippen LogP contribution in [0.3, 0.4) is 0 Å². The third kappa shape index (κ3) is 8.72. The molecule has 2 fully saturated rings. The molecule has 0 atom stereocenters. The third-order valence-electron chi connectivity index (χ3n) is 8.36. The fourth-order valence-electron chi connectivity index (χ4n) is 5.84. The zero-order valence-electron chi connectivity index (χ0n) is 25.7. The SMILES string of the molecule is CC(C)COc1cc(OC2CCN(C(=O)CCN3CCC(c4ccc(Oc5ccccc5)cc4)CC3)CC2)ccc1[N+](=O)[O-]. The van der Waals surface area contributed by atoms with Gasteiger partial charge in [-0.05, 0) is 73.7 Å². The number of carbonyl (C=O) groups is 1. The molecule has 0 radical (unpaired) electrons. The largest absolute Gasteiger partial charge is 0.490 e. The second kappa shape index (κ2) is 15.1. The molecule has 5 rings (SSSR count). The molecule has 0 saturated carbocycles. The molecule has 44 heavy (non-hydrogen) atoms. The van der Waals surface area contributed by atoms with Crippen LogP contribution in [0, 0.1) is 16.0 Å². The van der Waals surface area contributed by atoms with Gasteiger partial charge in [-0.1, -0.05) is 44.2 Å². The van der Waals surface area contributed by atoms with Crippen LogP contribution in [-0.2, 0) is 4.79 Å². The van der Waals surface area contributed by atoms with E-state index in [0.717, 1.165) is 56.8 Å². The number of rotatable bonds is 12. The van der Waals surface area contributed by atoms with Crippen LogP contribution in [0.25, 0.3) is 0 Å². The van der Waals surface area contributed by atoms with Crippen molar-refractivity contribution in [3.8, 4) is 23.0 Å². The summed E-state index contributed by atoms with van der Waals surface area (Å²) >= 11 is 0. The van der Waals surface area contributed by atoms with E-state index in [-0.39, 0.29) is 29.4 Å². The predicted octanol–water partition coefficient (Wildman–Crippen LogP) is 7.06. The van der Waals surface area contributed by atoms with Crippen molar-refractivity contribution < 1.29 is 23.9 Å². The smallest absolute Gasteiger partial charge is 0.311 e. The van der Waals surface area contributed by atoms with Crippen LogP contribution in [0.4, 0.5) is 5.69 Å². The average Bonchev–Trinajstić information content (AvgIpc) is 3.04. The fourth-order valence-corrected chi connectivity index (χ4v) is 5.84. The van der Waals surface area contributed by atoms with Crippen molar-refractivity contribution in [2.45, 2.75) is 58.0 Å². The molecular weight excluding hydrogens is 558 g/mol. The lowest BCUT2D eigenvalue weighted by Crippen LogP contribution is -2.43. The first kappa shape index (κ1) is 31.3. The standard InChI is InChI=1S/C35H43N3O6/c1-26(2)25-42-34-24-32(12-13-33(34)38(40)41)44-31-16-22-37(23-17-31)35(39)18-21-36-19-14-28(15-20-36)27-8-10-30(11-9-27)43-29-6-4-3-5-7-29/h3-13,24,26,28,31H,14-23,25H2,1-2H3. The van der Waals surface area contributed by atoms with Crippen LogP contribution >= 0.6 is 0 Å². The molecule has 3 aromatic carbocycles. The fraction of sp³-hybridized carbons (Fsp3) is 0.457. The summed E-state index contributed by atoms with van der Waals surface area (Å²) in [6.07, 6.45) is 4.11. The van der Waals surface area contributed by atoms with Crippen molar-refractivity contribution in [1.29, 1.82) is 0 Å². The van der Waals surface area contributed by atoms with Crippen molar-refractivity contribution in [3.63, 3.8) is 0 Å². The molecule has 3 aromatic rings. The Morgan fingerprint density at radius 1 is 0.886 bits per heavy atom. The number of hydrogen-bond acceptors (Lipinski definition) is 7. The highest BCUT2D eigenvalue weighted by molar-refractivity contribution is 5.76. The molecular formula is C35H43N3O6. The van der Waals surface area contributed by atoms with Crippen LogP contribution in [0.5, 0.6) is 23.0 Å². The average molecular weight is 602 g/mol. The monoisotopic (exact) mass is 601 g/mol. The quantitative estimate of drug-likeness (QED) is 0.162. The van der Waals surface area contributed by atoms with Crippen LogP contribution in [0.2, 0.25) is 0 Å². The zero-order valence-corrected chi connectivity index (χ0v) is 25.7. The van der Waals surface area contributed by atoms with Crippen molar-refractivity contribution in [1.82, 2.24) is 9.80 Å². The molecule has 0 aliphatic carbocycles. The van der Waals surface area contributed by atoms with Gasteiger partial charge in [0.2, 0.25) is 11.7 Å². The first-order valence-corrected chi connectivity index (χ1v) is 15.7. The maximum absolute atomic E-state index is 13.0. The Labute approximate surface area is 259 Å². The molecule has 2 heterocycles. The van der Waals surface area contributed by atoms with Crippen molar-refractivity contribution >= 4 is 11.6 Å². The minimum Gasteiger partial charge on any atom is -0.490 e. The Kier molecular flexibility index (Phi) is 10.7. The van der Waals surface area contributed by atoms with Gasteiger partial charge in [0.1, 0.15) is 23.4 Å². The summed E-state index contributed by atoms with van der Waals surface area (Å²) < 4.78 is 17.8. The minimum absolute atomic E-state index is 0.0450. The summed E-state index contributed by atoms with van der Waals surface area (Å²) in [6.45, 7) is 8.46. The van der Waals surface area contributed by atoms with Crippen molar-refractivity contribution in [2.75, 3.05) is 39.3 Å². The molecule has 2 saturated heterocycles. The lowest BCUT2D eigenvalue weighted by atomic mass is 9.89. The molecule has 0 aromatic heterocycles. The van der Waals surface area contributed by atoms with E-state index in [0.29, 0.717) is 37.8 Å². The Hall–Kier alpha value is -4.11. The minimum atomic E-state index is -0.437. The highest BCUT2D eigenvalue weighted by atomic mass is 16.6. The van der Waals surface area contributed by atoms with Gasteiger partial charge in [-0.25, -0.2) is 0 Å². The van der Waals surface area contributed by atoms with Crippen molar-refractivity contribution in [2.24, 2.45) is 5.92 Å². The number of amides is 1. The molecule has 2 aliphatic heterocycles. The highest BCUT2D eigenvalue weighted by Crippen LogP contribution is 2.33. The number of nitro groups is 1.